The third-order valence-corrected chi connectivity index (χ3v) is 4.70. The fourth-order valence-corrected chi connectivity index (χ4v) is 3.02. The number of nitrogens with one attached hydrogen (secondary N) is 1. The number of carbonyl (C=O) groups is 1. The first-order valence-corrected chi connectivity index (χ1v) is 9.27. The van der Waals surface area contributed by atoms with Crippen molar-refractivity contribution in [2.75, 3.05) is 13.2 Å². The van der Waals surface area contributed by atoms with Crippen LogP contribution >= 0.6 is 0 Å². The van der Waals surface area contributed by atoms with Gasteiger partial charge in [-0.25, -0.2) is 13.1 Å². The first-order chi connectivity index (χ1) is 11.2. The Morgan fingerprint density at radius 2 is 1.88 bits per heavy atom. The van der Waals surface area contributed by atoms with Crippen LogP contribution in [0.5, 0.6) is 0 Å². The predicted molar refractivity (Wildman–Crippen MR) is 94.1 cm³/mol. The molecule has 1 N–H and O–H groups in total. The van der Waals surface area contributed by atoms with Crippen molar-refractivity contribution in [2.45, 2.75) is 39.0 Å². The van der Waals surface area contributed by atoms with Crippen molar-refractivity contribution < 1.29 is 17.9 Å². The number of rotatable bonds is 8. The lowest BCUT2D eigenvalue weighted by Gasteiger charge is -2.15. The maximum atomic E-state index is 12.3. The minimum absolute atomic E-state index is 0.152. The van der Waals surface area contributed by atoms with Gasteiger partial charge in [0.2, 0.25) is 10.0 Å². The van der Waals surface area contributed by atoms with Crippen molar-refractivity contribution in [3.05, 3.63) is 47.2 Å². The van der Waals surface area contributed by atoms with Crippen molar-refractivity contribution in [1.82, 2.24) is 4.72 Å². The topological polar surface area (TPSA) is 72.5 Å². The highest BCUT2D eigenvalue weighted by Crippen LogP contribution is 2.11. The molecule has 5 nitrogen and oxygen atoms in total. The van der Waals surface area contributed by atoms with Crippen molar-refractivity contribution in [3.8, 4) is 0 Å². The summed E-state index contributed by atoms with van der Waals surface area (Å²) in [4.78, 5) is 11.2. The molecule has 0 saturated heterocycles. The fourth-order valence-electron chi connectivity index (χ4n) is 1.90. The van der Waals surface area contributed by atoms with Gasteiger partial charge in [0, 0.05) is 19.4 Å². The summed E-state index contributed by atoms with van der Waals surface area (Å²) >= 11 is 0. The Bertz CT molecular complexity index is 710. The Hall–Kier alpha value is -1.88. The van der Waals surface area contributed by atoms with Crippen LogP contribution in [0.1, 0.15) is 32.8 Å². The zero-order chi connectivity index (χ0) is 18.2. The van der Waals surface area contributed by atoms with Gasteiger partial charge in [-0.3, -0.25) is 4.79 Å². The van der Waals surface area contributed by atoms with E-state index in [-0.39, 0.29) is 29.9 Å². The molecule has 1 unspecified atom stereocenters. The lowest BCUT2D eigenvalue weighted by molar-refractivity contribution is -0.142. The predicted octanol–water partition coefficient (Wildman–Crippen LogP) is 2.96. The first kappa shape index (κ1) is 20.2. The number of sulfonamides is 1. The molecule has 24 heavy (non-hydrogen) atoms. The summed E-state index contributed by atoms with van der Waals surface area (Å²) in [5.74, 6) is -0.534. The number of ether oxygens (including phenoxy) is 1. The molecule has 1 atom stereocenters. The number of allylic oxidation sites excluding steroid dienone is 1. The summed E-state index contributed by atoms with van der Waals surface area (Å²) < 4.78 is 32.2. The van der Waals surface area contributed by atoms with Gasteiger partial charge >= 0.3 is 5.97 Å². The maximum absolute atomic E-state index is 12.3. The second kappa shape index (κ2) is 9.42. The molecule has 0 aromatic heterocycles. The summed E-state index contributed by atoms with van der Waals surface area (Å²) in [6, 6.07) is 6.65. The normalized spacial score (nSPS) is 12.2. The molecule has 0 fully saturated rings. The van der Waals surface area contributed by atoms with Crippen molar-refractivity contribution in [3.63, 3.8) is 0 Å². The molecule has 0 radical (unpaired) electrons. The lowest BCUT2D eigenvalue weighted by Crippen LogP contribution is -2.31. The fraction of sp³-hybridized carbons (Fsp3) is 0.444. The second-order valence-corrected chi connectivity index (χ2v) is 7.68. The molecule has 1 rings (SSSR count). The smallest absolute Gasteiger partial charge is 0.302 e. The largest absolute Gasteiger partial charge is 0.466 e. The van der Waals surface area contributed by atoms with Crippen LogP contribution in [0, 0.1) is 12.8 Å². The molecular weight excluding hydrogens is 326 g/mol. The average molecular weight is 351 g/mol. The SMILES string of the molecule is CC(=O)OCC(CC=C=C(C)C)CNS(=O)(=O)c1ccc(C)cc1. The Labute approximate surface area is 144 Å². The Morgan fingerprint density at radius 1 is 1.25 bits per heavy atom. The Morgan fingerprint density at radius 3 is 2.42 bits per heavy atom. The van der Waals surface area contributed by atoms with Crippen LogP contribution < -0.4 is 4.72 Å². The van der Waals surface area contributed by atoms with Crippen molar-refractivity contribution >= 4 is 16.0 Å². The van der Waals surface area contributed by atoms with E-state index < -0.39 is 10.0 Å². The minimum atomic E-state index is -3.58. The monoisotopic (exact) mass is 351 g/mol. The number of hydrogen-bond donors (Lipinski definition) is 1. The maximum Gasteiger partial charge on any atom is 0.302 e. The number of benzene rings is 1. The van der Waals surface area contributed by atoms with Crippen LogP contribution in [0.2, 0.25) is 0 Å². The van der Waals surface area contributed by atoms with Crippen molar-refractivity contribution in [1.29, 1.82) is 0 Å². The summed E-state index contributed by atoms with van der Waals surface area (Å²) in [6.07, 6.45) is 2.40. The second-order valence-electron chi connectivity index (χ2n) is 5.92. The van der Waals surface area contributed by atoms with E-state index in [4.69, 9.17) is 4.74 Å². The van der Waals surface area contributed by atoms with E-state index in [9.17, 15) is 13.2 Å². The van der Waals surface area contributed by atoms with E-state index in [1.54, 1.807) is 24.3 Å². The van der Waals surface area contributed by atoms with E-state index >= 15 is 0 Å². The third-order valence-electron chi connectivity index (χ3n) is 3.26. The first-order valence-electron chi connectivity index (χ1n) is 7.79. The molecular formula is C18H25NO4S. The van der Waals surface area contributed by atoms with Crippen LogP contribution in [-0.4, -0.2) is 27.5 Å². The van der Waals surface area contributed by atoms with Crippen LogP contribution in [0.4, 0.5) is 0 Å². The third kappa shape index (κ3) is 7.59. The molecule has 0 spiro atoms. The molecule has 0 amide bonds. The van der Waals surface area contributed by atoms with Crippen LogP contribution in [0.15, 0.2) is 46.5 Å². The highest BCUT2D eigenvalue weighted by Gasteiger charge is 2.17. The number of aryl methyl sites for hydroxylation is 1. The molecule has 0 heterocycles. The quantitative estimate of drug-likeness (QED) is 0.577. The van der Waals surface area contributed by atoms with E-state index in [1.807, 2.05) is 26.8 Å². The molecule has 0 aliphatic rings. The standard InChI is InChI=1S/C18H25NO4S/c1-14(2)6-5-7-17(13-23-16(4)20)12-19-24(21,22)18-10-8-15(3)9-11-18/h5,8-11,17,19H,7,12-13H2,1-4H3. The van der Waals surface area contributed by atoms with E-state index in [2.05, 4.69) is 10.5 Å². The van der Waals surface area contributed by atoms with Gasteiger partial charge in [0.1, 0.15) is 0 Å². The summed E-state index contributed by atoms with van der Waals surface area (Å²) in [5.41, 5.74) is 5.10. The van der Waals surface area contributed by atoms with Gasteiger partial charge in [0.15, 0.2) is 0 Å². The van der Waals surface area contributed by atoms with Gasteiger partial charge in [0.05, 0.1) is 11.5 Å². The molecule has 132 valence electrons. The average Bonchev–Trinajstić information content (AvgIpc) is 2.49. The van der Waals surface area contributed by atoms with E-state index in [1.165, 1.54) is 6.92 Å². The van der Waals surface area contributed by atoms with Crippen LogP contribution in [0.3, 0.4) is 0 Å². The van der Waals surface area contributed by atoms with Gasteiger partial charge < -0.3 is 4.74 Å². The van der Waals surface area contributed by atoms with Crippen molar-refractivity contribution in [2.24, 2.45) is 5.92 Å². The molecule has 1 aromatic rings. The number of esters is 1. The Balaban J connectivity index is 2.76. The van der Waals surface area contributed by atoms with Gasteiger partial charge in [0.25, 0.3) is 0 Å². The van der Waals surface area contributed by atoms with Crippen LogP contribution in [0.25, 0.3) is 0 Å². The summed E-state index contributed by atoms with van der Waals surface area (Å²) in [5, 5.41) is 0. The Kier molecular flexibility index (Phi) is 7.92. The van der Waals surface area contributed by atoms with Gasteiger partial charge in [-0.15, -0.1) is 5.73 Å². The highest BCUT2D eigenvalue weighted by molar-refractivity contribution is 7.89. The highest BCUT2D eigenvalue weighted by atomic mass is 32.2. The molecule has 0 bridgehead atoms. The van der Waals surface area contributed by atoms with E-state index in [0.29, 0.717) is 6.42 Å². The molecule has 1 aromatic carbocycles. The molecule has 0 saturated carbocycles. The minimum Gasteiger partial charge on any atom is -0.466 e. The lowest BCUT2D eigenvalue weighted by atomic mass is 10.1. The number of carbonyl (C=O) groups excluding carboxylic acids is 1. The van der Waals surface area contributed by atoms with E-state index in [0.717, 1.165) is 11.1 Å². The van der Waals surface area contributed by atoms with Gasteiger partial charge in [-0.2, -0.15) is 0 Å². The van der Waals surface area contributed by atoms with Gasteiger partial charge in [-0.1, -0.05) is 17.7 Å². The van der Waals surface area contributed by atoms with Gasteiger partial charge in [-0.05, 0) is 51.0 Å². The summed E-state index contributed by atoms with van der Waals surface area (Å²) in [7, 11) is -3.58. The zero-order valence-corrected chi connectivity index (χ0v) is 15.4. The summed E-state index contributed by atoms with van der Waals surface area (Å²) in [6.45, 7) is 7.43. The molecule has 0 aliphatic heterocycles. The zero-order valence-electron chi connectivity index (χ0n) is 14.6. The van der Waals surface area contributed by atoms with Crippen LogP contribution in [-0.2, 0) is 19.6 Å². The molecule has 6 heteroatoms. The molecule has 0 aliphatic carbocycles. The number of hydrogen-bond acceptors (Lipinski definition) is 4.